The molecule has 0 amide bonds. The Kier molecular flexibility index (Phi) is 8.53. The van der Waals surface area contributed by atoms with E-state index >= 15 is 0 Å². The number of rotatable bonds is 10. The number of ether oxygens (including phenoxy) is 1. The Morgan fingerprint density at radius 3 is 2.50 bits per heavy atom. The fourth-order valence-corrected chi connectivity index (χ4v) is 2.03. The molecule has 110 valence electrons. The van der Waals surface area contributed by atoms with Crippen molar-refractivity contribution >= 4 is 0 Å². The van der Waals surface area contributed by atoms with E-state index in [4.69, 9.17) is 11.2 Å². The first-order chi connectivity index (χ1) is 9.80. The largest absolute Gasteiger partial charge is 0.481 e. The van der Waals surface area contributed by atoms with E-state index in [1.165, 1.54) is 18.5 Å². The molecule has 0 aliphatic rings. The summed E-state index contributed by atoms with van der Waals surface area (Å²) in [5.41, 5.74) is 1.26. The lowest BCUT2D eigenvalue weighted by molar-refractivity contribution is 0.298. The molecule has 1 rings (SSSR count). The van der Waals surface area contributed by atoms with Crippen molar-refractivity contribution in [3.05, 3.63) is 29.8 Å². The van der Waals surface area contributed by atoms with Gasteiger partial charge >= 0.3 is 0 Å². The molecule has 20 heavy (non-hydrogen) atoms. The first-order valence-electron chi connectivity index (χ1n) is 7.38. The molecular weight excluding hydrogens is 248 g/mol. The maximum atomic E-state index is 5.34. The molecular formula is C17H26N2O. The van der Waals surface area contributed by atoms with E-state index in [1.807, 2.05) is 12.1 Å². The summed E-state index contributed by atoms with van der Waals surface area (Å²) in [5, 5.41) is 3.47. The van der Waals surface area contributed by atoms with Crippen LogP contribution in [0.5, 0.6) is 5.75 Å². The molecule has 0 bridgehead atoms. The number of hydrogen-bond donors (Lipinski definition) is 1. The van der Waals surface area contributed by atoms with Crippen LogP contribution in [0.25, 0.3) is 0 Å². The Bertz CT molecular complexity index is 390. The lowest BCUT2D eigenvalue weighted by Gasteiger charge is -2.17. The minimum Gasteiger partial charge on any atom is -0.481 e. The molecule has 0 aliphatic carbocycles. The van der Waals surface area contributed by atoms with Gasteiger partial charge in [-0.15, -0.1) is 6.42 Å². The fraction of sp³-hybridized carbons (Fsp3) is 0.529. The fourth-order valence-electron chi connectivity index (χ4n) is 2.03. The zero-order valence-electron chi connectivity index (χ0n) is 12.7. The van der Waals surface area contributed by atoms with E-state index in [9.17, 15) is 0 Å². The predicted octanol–water partition coefficient (Wildman–Crippen LogP) is 2.52. The van der Waals surface area contributed by atoms with Gasteiger partial charge in [0.25, 0.3) is 0 Å². The summed E-state index contributed by atoms with van der Waals surface area (Å²) in [7, 11) is 0. The van der Waals surface area contributed by atoms with Crippen molar-refractivity contribution in [3.63, 3.8) is 0 Å². The second kappa shape index (κ2) is 10.3. The molecule has 0 saturated carbocycles. The highest BCUT2D eigenvalue weighted by molar-refractivity contribution is 5.27. The quantitative estimate of drug-likeness (QED) is 0.524. The lowest BCUT2D eigenvalue weighted by Crippen LogP contribution is -2.27. The van der Waals surface area contributed by atoms with E-state index in [0.29, 0.717) is 6.61 Å². The van der Waals surface area contributed by atoms with Crippen LogP contribution in [0.15, 0.2) is 24.3 Å². The Hall–Kier alpha value is -1.50. The van der Waals surface area contributed by atoms with Crippen LogP contribution in [0.2, 0.25) is 0 Å². The minimum atomic E-state index is 0.322. The molecule has 0 spiro atoms. The second-order valence-electron chi connectivity index (χ2n) is 4.69. The van der Waals surface area contributed by atoms with Crippen LogP contribution >= 0.6 is 0 Å². The Balaban J connectivity index is 2.17. The Labute approximate surface area is 123 Å². The second-order valence-corrected chi connectivity index (χ2v) is 4.69. The van der Waals surface area contributed by atoms with Gasteiger partial charge < -0.3 is 15.0 Å². The smallest absolute Gasteiger partial charge is 0.148 e. The van der Waals surface area contributed by atoms with E-state index < -0.39 is 0 Å². The van der Waals surface area contributed by atoms with Crippen LogP contribution in [0.4, 0.5) is 0 Å². The highest BCUT2D eigenvalue weighted by Crippen LogP contribution is 2.11. The Morgan fingerprint density at radius 1 is 1.20 bits per heavy atom. The van der Waals surface area contributed by atoms with Crippen LogP contribution in [-0.2, 0) is 6.54 Å². The zero-order chi connectivity index (χ0) is 14.6. The maximum Gasteiger partial charge on any atom is 0.148 e. The van der Waals surface area contributed by atoms with Gasteiger partial charge in [0.05, 0.1) is 0 Å². The van der Waals surface area contributed by atoms with Crippen molar-refractivity contribution in [2.45, 2.75) is 26.8 Å². The number of nitrogens with one attached hydrogen (secondary N) is 1. The average molecular weight is 274 g/mol. The van der Waals surface area contributed by atoms with Crippen LogP contribution < -0.4 is 10.1 Å². The summed E-state index contributed by atoms with van der Waals surface area (Å²) in [5.74, 6) is 3.29. The molecule has 0 saturated heterocycles. The van der Waals surface area contributed by atoms with Gasteiger partial charge in [0.15, 0.2) is 0 Å². The van der Waals surface area contributed by atoms with Gasteiger partial charge in [-0.2, -0.15) is 0 Å². The molecule has 0 fully saturated rings. The third-order valence-corrected chi connectivity index (χ3v) is 3.30. The van der Waals surface area contributed by atoms with Gasteiger partial charge in [0.2, 0.25) is 0 Å². The number of hydrogen-bond acceptors (Lipinski definition) is 3. The summed E-state index contributed by atoms with van der Waals surface area (Å²) in [6.45, 7) is 10.1. The third-order valence-electron chi connectivity index (χ3n) is 3.30. The van der Waals surface area contributed by atoms with Crippen molar-refractivity contribution in [2.24, 2.45) is 0 Å². The lowest BCUT2D eigenvalue weighted by atomic mass is 10.2. The minimum absolute atomic E-state index is 0.322. The molecule has 3 heteroatoms. The molecule has 1 aromatic carbocycles. The zero-order valence-corrected chi connectivity index (χ0v) is 12.7. The molecule has 0 aromatic heterocycles. The van der Waals surface area contributed by atoms with Gasteiger partial charge in [-0.25, -0.2) is 0 Å². The highest BCUT2D eigenvalue weighted by atomic mass is 16.5. The molecule has 1 aromatic rings. The topological polar surface area (TPSA) is 24.5 Å². The molecule has 0 unspecified atom stereocenters. The van der Waals surface area contributed by atoms with Gasteiger partial charge in [0.1, 0.15) is 12.4 Å². The van der Waals surface area contributed by atoms with Crippen molar-refractivity contribution in [3.8, 4) is 18.1 Å². The highest BCUT2D eigenvalue weighted by Gasteiger charge is 1.98. The van der Waals surface area contributed by atoms with Crippen molar-refractivity contribution in [2.75, 3.05) is 32.8 Å². The van der Waals surface area contributed by atoms with E-state index in [-0.39, 0.29) is 0 Å². The Morgan fingerprint density at radius 2 is 1.90 bits per heavy atom. The molecule has 0 aliphatic heterocycles. The van der Waals surface area contributed by atoms with Gasteiger partial charge in [-0.05, 0) is 50.3 Å². The molecule has 0 atom stereocenters. The van der Waals surface area contributed by atoms with E-state index in [0.717, 1.165) is 31.9 Å². The summed E-state index contributed by atoms with van der Waals surface area (Å²) in [6.07, 6.45) is 6.34. The summed E-state index contributed by atoms with van der Waals surface area (Å²) >= 11 is 0. The third kappa shape index (κ3) is 6.60. The van der Waals surface area contributed by atoms with Crippen LogP contribution in [0.1, 0.15) is 25.8 Å². The number of nitrogens with zero attached hydrogens (tertiary/aromatic N) is 1. The van der Waals surface area contributed by atoms with Crippen LogP contribution in [-0.4, -0.2) is 37.7 Å². The van der Waals surface area contributed by atoms with Gasteiger partial charge in [-0.1, -0.05) is 31.9 Å². The summed E-state index contributed by atoms with van der Waals surface area (Å²) in [4.78, 5) is 2.44. The van der Waals surface area contributed by atoms with Crippen LogP contribution in [0, 0.1) is 12.3 Å². The predicted molar refractivity (Wildman–Crippen MR) is 84.9 cm³/mol. The molecule has 3 nitrogen and oxygen atoms in total. The summed E-state index contributed by atoms with van der Waals surface area (Å²) in [6, 6.07) is 8.07. The average Bonchev–Trinajstić information content (AvgIpc) is 2.50. The molecule has 1 N–H and O–H groups in total. The molecule has 0 heterocycles. The number of benzene rings is 1. The van der Waals surface area contributed by atoms with Crippen molar-refractivity contribution in [1.29, 1.82) is 0 Å². The number of terminal acetylenes is 1. The van der Waals surface area contributed by atoms with E-state index in [1.54, 1.807) is 0 Å². The van der Waals surface area contributed by atoms with Crippen LogP contribution in [0.3, 0.4) is 0 Å². The maximum absolute atomic E-state index is 5.34. The summed E-state index contributed by atoms with van der Waals surface area (Å²) < 4.78 is 5.34. The van der Waals surface area contributed by atoms with Gasteiger partial charge in [-0.3, -0.25) is 0 Å². The first kappa shape index (κ1) is 16.6. The van der Waals surface area contributed by atoms with E-state index in [2.05, 4.69) is 42.1 Å². The monoisotopic (exact) mass is 274 g/mol. The standard InChI is InChI=1S/C17H26N2O/c1-4-14-20-17-10-8-16(9-11-17)15-18-12-7-13-19(5-2)6-3/h1,8-11,18H,5-7,12-15H2,2-3H3. The van der Waals surface area contributed by atoms with Crippen molar-refractivity contribution in [1.82, 2.24) is 10.2 Å². The first-order valence-corrected chi connectivity index (χ1v) is 7.38. The SMILES string of the molecule is C#CCOc1ccc(CNCCCN(CC)CC)cc1. The van der Waals surface area contributed by atoms with Gasteiger partial charge in [0, 0.05) is 6.54 Å². The molecule has 0 radical (unpaired) electrons. The van der Waals surface area contributed by atoms with Crippen molar-refractivity contribution < 1.29 is 4.74 Å². The normalized spacial score (nSPS) is 10.5.